The fourth-order valence-electron chi connectivity index (χ4n) is 3.04. The Labute approximate surface area is 119 Å². The van der Waals surface area contributed by atoms with Crippen LogP contribution in [0.4, 0.5) is 8.78 Å². The molecule has 1 nitrogen and oxygen atoms in total. The molecule has 0 spiro atoms. The molecule has 0 aliphatic heterocycles. The maximum atomic E-state index is 14.2. The highest BCUT2D eigenvalue weighted by Gasteiger charge is 2.26. The summed E-state index contributed by atoms with van der Waals surface area (Å²) >= 11 is 0. The summed E-state index contributed by atoms with van der Waals surface area (Å²) in [6.45, 7) is 2.16. The number of halogens is 2. The van der Waals surface area contributed by atoms with Gasteiger partial charge in [0.15, 0.2) is 5.83 Å². The van der Waals surface area contributed by atoms with Gasteiger partial charge in [0.2, 0.25) is 0 Å². The average molecular weight is 280 g/mol. The van der Waals surface area contributed by atoms with Gasteiger partial charge in [-0.15, -0.1) is 0 Å². The Balaban J connectivity index is 2.04. The molecule has 20 heavy (non-hydrogen) atoms. The minimum Gasteiger partial charge on any atom is -0.508 e. The van der Waals surface area contributed by atoms with Crippen molar-refractivity contribution in [3.8, 4) is 5.75 Å². The second kappa shape index (κ2) is 6.87. The normalized spacial score (nSPS) is 24.4. The van der Waals surface area contributed by atoms with Gasteiger partial charge in [0.1, 0.15) is 11.6 Å². The van der Waals surface area contributed by atoms with Crippen LogP contribution in [0.3, 0.4) is 0 Å². The molecule has 110 valence electrons. The average Bonchev–Trinajstić information content (AvgIpc) is 2.48. The summed E-state index contributed by atoms with van der Waals surface area (Å²) in [6.07, 6.45) is 5.82. The number of phenolic OH excluding ortho intramolecular Hbond substituents is 1. The molecule has 0 saturated heterocycles. The third-order valence-corrected chi connectivity index (χ3v) is 4.23. The Hall–Kier alpha value is -1.38. The number of allylic oxidation sites excluding steroid dienone is 1. The molecule has 0 unspecified atom stereocenters. The Morgan fingerprint density at radius 1 is 1.10 bits per heavy atom. The number of hydrogen-bond acceptors (Lipinski definition) is 1. The van der Waals surface area contributed by atoms with E-state index in [9.17, 15) is 13.9 Å². The molecular weight excluding hydrogens is 258 g/mol. The molecule has 0 atom stereocenters. The summed E-state index contributed by atoms with van der Waals surface area (Å²) in [6, 6.07) is 5.57. The second-order valence-electron chi connectivity index (χ2n) is 5.72. The Bertz CT molecular complexity index is 456. The van der Waals surface area contributed by atoms with E-state index in [1.54, 1.807) is 0 Å². The van der Waals surface area contributed by atoms with E-state index in [1.807, 2.05) is 0 Å². The van der Waals surface area contributed by atoms with Gasteiger partial charge in [-0.1, -0.05) is 19.8 Å². The molecule has 0 heterocycles. The maximum absolute atomic E-state index is 14.2. The third kappa shape index (κ3) is 3.59. The molecule has 1 aromatic carbocycles. The van der Waals surface area contributed by atoms with Gasteiger partial charge >= 0.3 is 0 Å². The first-order valence-electron chi connectivity index (χ1n) is 7.46. The smallest absolute Gasteiger partial charge is 0.162 e. The number of hydrogen-bond donors (Lipinski definition) is 1. The van der Waals surface area contributed by atoms with Crippen molar-refractivity contribution in [2.45, 2.75) is 45.4 Å². The lowest BCUT2D eigenvalue weighted by Gasteiger charge is -2.27. The minimum absolute atomic E-state index is 0.0574. The van der Waals surface area contributed by atoms with E-state index < -0.39 is 11.7 Å². The SMILES string of the molecule is CCC[C@H]1CC[C@H](/C(F)=C(\F)c2ccc(O)cc2)CC1. The minimum atomic E-state index is -0.774. The summed E-state index contributed by atoms with van der Waals surface area (Å²) in [7, 11) is 0. The largest absolute Gasteiger partial charge is 0.508 e. The van der Waals surface area contributed by atoms with E-state index in [1.165, 1.54) is 30.7 Å². The van der Waals surface area contributed by atoms with Crippen molar-refractivity contribution in [3.05, 3.63) is 35.7 Å². The molecule has 0 radical (unpaired) electrons. The monoisotopic (exact) mass is 280 g/mol. The predicted octanol–water partition coefficient (Wildman–Crippen LogP) is 5.61. The summed E-state index contributed by atoms with van der Waals surface area (Å²) in [4.78, 5) is 0. The first-order valence-corrected chi connectivity index (χ1v) is 7.46. The highest BCUT2D eigenvalue weighted by atomic mass is 19.2. The second-order valence-corrected chi connectivity index (χ2v) is 5.72. The molecule has 1 aliphatic carbocycles. The molecule has 3 heteroatoms. The van der Waals surface area contributed by atoms with Crippen LogP contribution in [0.15, 0.2) is 30.1 Å². The standard InChI is InChI=1S/C17H22F2O/c1-2-3-12-4-6-13(7-5-12)16(18)17(19)14-8-10-15(20)11-9-14/h8-13,20H,2-7H2,1H3/b17-16+/t12-,13-. The summed E-state index contributed by atoms with van der Waals surface area (Å²) < 4.78 is 28.3. The molecule has 1 saturated carbocycles. The highest BCUT2D eigenvalue weighted by Crippen LogP contribution is 2.39. The van der Waals surface area contributed by atoms with Gasteiger partial charge in [0.25, 0.3) is 0 Å². The van der Waals surface area contributed by atoms with Gasteiger partial charge in [0.05, 0.1) is 0 Å². The van der Waals surface area contributed by atoms with E-state index in [4.69, 9.17) is 0 Å². The fourth-order valence-corrected chi connectivity index (χ4v) is 3.04. The van der Waals surface area contributed by atoms with E-state index in [0.29, 0.717) is 5.92 Å². The molecule has 0 aromatic heterocycles. The zero-order valence-corrected chi connectivity index (χ0v) is 11.9. The van der Waals surface area contributed by atoms with Crippen LogP contribution in [-0.2, 0) is 0 Å². The van der Waals surface area contributed by atoms with E-state index in [0.717, 1.165) is 32.1 Å². The van der Waals surface area contributed by atoms with Crippen LogP contribution in [0, 0.1) is 11.8 Å². The van der Waals surface area contributed by atoms with Gasteiger partial charge in [-0.2, -0.15) is 0 Å². The molecule has 0 amide bonds. The van der Waals surface area contributed by atoms with E-state index in [-0.39, 0.29) is 17.2 Å². The zero-order valence-electron chi connectivity index (χ0n) is 11.9. The van der Waals surface area contributed by atoms with Gasteiger partial charge in [-0.3, -0.25) is 0 Å². The fraction of sp³-hybridized carbons (Fsp3) is 0.529. The van der Waals surface area contributed by atoms with Crippen molar-refractivity contribution in [3.63, 3.8) is 0 Å². The van der Waals surface area contributed by atoms with Crippen molar-refractivity contribution in [2.75, 3.05) is 0 Å². The molecule has 1 N–H and O–H groups in total. The van der Waals surface area contributed by atoms with Crippen LogP contribution < -0.4 is 0 Å². The summed E-state index contributed by atoms with van der Waals surface area (Å²) in [5, 5.41) is 9.17. The first kappa shape index (κ1) is 15.0. The van der Waals surface area contributed by atoms with Gasteiger partial charge < -0.3 is 5.11 Å². The van der Waals surface area contributed by atoms with Crippen LogP contribution in [-0.4, -0.2) is 5.11 Å². The zero-order chi connectivity index (χ0) is 14.5. The highest BCUT2D eigenvalue weighted by molar-refractivity contribution is 5.61. The maximum Gasteiger partial charge on any atom is 0.162 e. The van der Waals surface area contributed by atoms with Crippen molar-refractivity contribution >= 4 is 5.83 Å². The van der Waals surface area contributed by atoms with Crippen LogP contribution in [0.25, 0.3) is 5.83 Å². The van der Waals surface area contributed by atoms with Gasteiger partial charge in [-0.25, -0.2) is 8.78 Å². The van der Waals surface area contributed by atoms with Gasteiger partial charge in [-0.05, 0) is 55.9 Å². The number of benzene rings is 1. The molecule has 0 bridgehead atoms. The molecule has 1 aromatic rings. The van der Waals surface area contributed by atoms with Crippen LogP contribution in [0.1, 0.15) is 51.0 Å². The summed E-state index contributed by atoms with van der Waals surface area (Å²) in [5.74, 6) is -0.936. The van der Waals surface area contributed by atoms with Gasteiger partial charge in [0, 0.05) is 11.5 Å². The topological polar surface area (TPSA) is 20.2 Å². The van der Waals surface area contributed by atoms with Crippen LogP contribution in [0.5, 0.6) is 5.75 Å². The molecular formula is C17H22F2O. The Kier molecular flexibility index (Phi) is 5.16. The first-order chi connectivity index (χ1) is 9.61. The van der Waals surface area contributed by atoms with E-state index >= 15 is 0 Å². The molecule has 1 aliphatic rings. The van der Waals surface area contributed by atoms with Crippen molar-refractivity contribution in [2.24, 2.45) is 11.8 Å². The Morgan fingerprint density at radius 2 is 1.70 bits per heavy atom. The lowest BCUT2D eigenvalue weighted by Crippen LogP contribution is -2.15. The van der Waals surface area contributed by atoms with E-state index in [2.05, 4.69) is 6.92 Å². The van der Waals surface area contributed by atoms with Crippen LogP contribution >= 0.6 is 0 Å². The molecule has 1 fully saturated rings. The predicted molar refractivity (Wildman–Crippen MR) is 77.6 cm³/mol. The number of aromatic hydroxyl groups is 1. The quantitative estimate of drug-likeness (QED) is 0.760. The summed E-state index contributed by atoms with van der Waals surface area (Å²) in [5.41, 5.74) is 0.205. The lowest BCUT2D eigenvalue weighted by molar-refractivity contribution is 0.261. The third-order valence-electron chi connectivity index (χ3n) is 4.23. The van der Waals surface area contributed by atoms with Crippen molar-refractivity contribution in [1.29, 1.82) is 0 Å². The lowest BCUT2D eigenvalue weighted by atomic mass is 9.79. The Morgan fingerprint density at radius 3 is 2.25 bits per heavy atom. The molecule has 2 rings (SSSR count). The van der Waals surface area contributed by atoms with Crippen molar-refractivity contribution < 1.29 is 13.9 Å². The number of phenols is 1. The van der Waals surface area contributed by atoms with Crippen molar-refractivity contribution in [1.82, 2.24) is 0 Å². The van der Waals surface area contributed by atoms with Crippen LogP contribution in [0.2, 0.25) is 0 Å². The number of rotatable bonds is 4.